The van der Waals surface area contributed by atoms with E-state index in [2.05, 4.69) is 0 Å². The molecule has 1 rings (SSSR count). The van der Waals surface area contributed by atoms with E-state index in [0.29, 0.717) is 25.7 Å². The van der Waals surface area contributed by atoms with Gasteiger partial charge in [0.2, 0.25) is 0 Å². The van der Waals surface area contributed by atoms with Crippen LogP contribution >= 0.6 is 0 Å². The molecule has 6 heteroatoms. The Bertz CT molecular complexity index is 220. The van der Waals surface area contributed by atoms with Gasteiger partial charge in [-0.3, -0.25) is 9.59 Å². The van der Waals surface area contributed by atoms with Crippen LogP contribution in [0.2, 0.25) is 0 Å². The first-order chi connectivity index (χ1) is 7.88. The van der Waals surface area contributed by atoms with Crippen molar-refractivity contribution in [3.8, 4) is 0 Å². The number of carboxylic acid groups (broad SMARTS) is 2. The van der Waals surface area contributed by atoms with Crippen molar-refractivity contribution in [1.82, 2.24) is 0 Å². The van der Waals surface area contributed by atoms with E-state index in [1.807, 2.05) is 0 Å². The molecule has 0 heterocycles. The average molecular weight is 248 g/mol. The Balaban J connectivity index is 0.000000437. The molecule has 1 aliphatic rings. The summed E-state index contributed by atoms with van der Waals surface area (Å²) >= 11 is 0. The SMILES string of the molecule is CC(O)CO.O=C(O)C1CCC(C(=O)O)CC1. The minimum Gasteiger partial charge on any atom is -0.481 e. The fraction of sp³-hybridized carbons (Fsp3) is 0.818. The number of carboxylic acids is 2. The van der Waals surface area contributed by atoms with E-state index in [0.717, 1.165) is 0 Å². The van der Waals surface area contributed by atoms with Gasteiger partial charge < -0.3 is 20.4 Å². The Morgan fingerprint density at radius 2 is 1.29 bits per heavy atom. The van der Waals surface area contributed by atoms with E-state index < -0.39 is 18.0 Å². The number of aliphatic carboxylic acids is 2. The monoisotopic (exact) mass is 248 g/mol. The zero-order valence-electron chi connectivity index (χ0n) is 9.87. The van der Waals surface area contributed by atoms with E-state index in [1.54, 1.807) is 0 Å². The molecule has 0 spiro atoms. The molecule has 6 nitrogen and oxygen atoms in total. The van der Waals surface area contributed by atoms with E-state index in [-0.39, 0.29) is 18.4 Å². The summed E-state index contributed by atoms with van der Waals surface area (Å²) in [5, 5.41) is 33.2. The number of hydrogen-bond acceptors (Lipinski definition) is 4. The van der Waals surface area contributed by atoms with Crippen LogP contribution in [0.5, 0.6) is 0 Å². The van der Waals surface area contributed by atoms with Crippen molar-refractivity contribution in [3.63, 3.8) is 0 Å². The Morgan fingerprint density at radius 1 is 1.06 bits per heavy atom. The van der Waals surface area contributed by atoms with Gasteiger partial charge in [0, 0.05) is 0 Å². The Morgan fingerprint density at radius 3 is 1.41 bits per heavy atom. The summed E-state index contributed by atoms with van der Waals surface area (Å²) in [5.41, 5.74) is 0. The molecule has 0 aromatic rings. The van der Waals surface area contributed by atoms with E-state index in [1.165, 1.54) is 6.92 Å². The molecule has 1 saturated carbocycles. The first-order valence-corrected chi connectivity index (χ1v) is 5.63. The zero-order chi connectivity index (χ0) is 13.4. The van der Waals surface area contributed by atoms with Crippen LogP contribution in [0.25, 0.3) is 0 Å². The third-order valence-corrected chi connectivity index (χ3v) is 2.69. The van der Waals surface area contributed by atoms with Crippen LogP contribution in [0.15, 0.2) is 0 Å². The maximum Gasteiger partial charge on any atom is 0.306 e. The van der Waals surface area contributed by atoms with Gasteiger partial charge >= 0.3 is 11.9 Å². The molecule has 0 aromatic carbocycles. The number of carbonyl (C=O) groups is 2. The number of aliphatic hydroxyl groups is 2. The highest BCUT2D eigenvalue weighted by Gasteiger charge is 2.29. The molecular weight excluding hydrogens is 228 g/mol. The second kappa shape index (κ2) is 8.03. The lowest BCUT2D eigenvalue weighted by Gasteiger charge is -2.22. The molecule has 0 aromatic heterocycles. The van der Waals surface area contributed by atoms with Crippen molar-refractivity contribution in [2.75, 3.05) is 6.61 Å². The van der Waals surface area contributed by atoms with Crippen LogP contribution in [0.1, 0.15) is 32.6 Å². The Labute approximate surface area is 99.9 Å². The molecule has 1 fully saturated rings. The van der Waals surface area contributed by atoms with Crippen LogP contribution in [0.3, 0.4) is 0 Å². The quantitative estimate of drug-likeness (QED) is 0.572. The van der Waals surface area contributed by atoms with Gasteiger partial charge in [-0.15, -0.1) is 0 Å². The van der Waals surface area contributed by atoms with Crippen LogP contribution in [0.4, 0.5) is 0 Å². The third-order valence-electron chi connectivity index (χ3n) is 2.69. The maximum absolute atomic E-state index is 10.5. The number of aliphatic hydroxyl groups excluding tert-OH is 2. The van der Waals surface area contributed by atoms with Gasteiger partial charge in [0.15, 0.2) is 0 Å². The van der Waals surface area contributed by atoms with E-state index in [9.17, 15) is 9.59 Å². The summed E-state index contributed by atoms with van der Waals surface area (Å²) in [6.45, 7) is 1.39. The average Bonchev–Trinajstić information content (AvgIpc) is 2.29. The number of hydrogen-bond donors (Lipinski definition) is 4. The fourth-order valence-corrected chi connectivity index (χ4v) is 1.59. The van der Waals surface area contributed by atoms with Crippen LogP contribution < -0.4 is 0 Å². The van der Waals surface area contributed by atoms with Gasteiger partial charge in [0.05, 0.1) is 24.5 Å². The summed E-state index contributed by atoms with van der Waals surface area (Å²) < 4.78 is 0. The summed E-state index contributed by atoms with van der Waals surface area (Å²) in [4.78, 5) is 21.0. The smallest absolute Gasteiger partial charge is 0.306 e. The van der Waals surface area contributed by atoms with Crippen LogP contribution in [0, 0.1) is 11.8 Å². The Hall–Kier alpha value is -1.14. The molecule has 17 heavy (non-hydrogen) atoms. The lowest BCUT2D eigenvalue weighted by molar-refractivity contribution is -0.148. The van der Waals surface area contributed by atoms with E-state index in [4.69, 9.17) is 20.4 Å². The zero-order valence-corrected chi connectivity index (χ0v) is 9.87. The van der Waals surface area contributed by atoms with Gasteiger partial charge in [-0.1, -0.05) is 0 Å². The predicted molar refractivity (Wildman–Crippen MR) is 59.5 cm³/mol. The molecule has 0 bridgehead atoms. The lowest BCUT2D eigenvalue weighted by Crippen LogP contribution is -2.25. The van der Waals surface area contributed by atoms with Crippen LogP contribution in [-0.2, 0) is 9.59 Å². The fourth-order valence-electron chi connectivity index (χ4n) is 1.59. The molecule has 0 radical (unpaired) electrons. The molecule has 100 valence electrons. The minimum atomic E-state index is -0.793. The Kier molecular flexibility index (Phi) is 7.49. The minimum absolute atomic E-state index is 0.139. The first kappa shape index (κ1) is 15.9. The summed E-state index contributed by atoms with van der Waals surface area (Å²) in [5.74, 6) is -2.22. The summed E-state index contributed by atoms with van der Waals surface area (Å²) in [6.07, 6.45) is 1.46. The molecule has 0 amide bonds. The molecule has 1 atom stereocenters. The van der Waals surface area contributed by atoms with Crippen molar-refractivity contribution < 1.29 is 30.0 Å². The predicted octanol–water partition coefficient (Wildman–Crippen LogP) is 0.321. The van der Waals surface area contributed by atoms with Gasteiger partial charge in [-0.2, -0.15) is 0 Å². The molecule has 0 aliphatic heterocycles. The highest BCUT2D eigenvalue weighted by atomic mass is 16.4. The highest BCUT2D eigenvalue weighted by molar-refractivity contribution is 5.72. The molecule has 4 N–H and O–H groups in total. The van der Waals surface area contributed by atoms with Crippen molar-refractivity contribution in [1.29, 1.82) is 0 Å². The normalized spacial score (nSPS) is 25.4. The number of rotatable bonds is 3. The standard InChI is InChI=1S/C8H12O4.C3H8O2/c9-7(10)5-1-2-6(4-3-5)8(11)12;1-3(5)2-4/h5-6H,1-4H2,(H,9,10)(H,11,12);3-5H,2H2,1H3. The van der Waals surface area contributed by atoms with Gasteiger partial charge in [0.25, 0.3) is 0 Å². The summed E-state index contributed by atoms with van der Waals surface area (Å²) in [6, 6.07) is 0. The topological polar surface area (TPSA) is 115 Å². The van der Waals surface area contributed by atoms with Crippen molar-refractivity contribution in [2.24, 2.45) is 11.8 Å². The van der Waals surface area contributed by atoms with Gasteiger partial charge in [-0.05, 0) is 32.6 Å². The third kappa shape index (κ3) is 6.91. The van der Waals surface area contributed by atoms with Crippen molar-refractivity contribution >= 4 is 11.9 Å². The van der Waals surface area contributed by atoms with Crippen molar-refractivity contribution in [3.05, 3.63) is 0 Å². The van der Waals surface area contributed by atoms with E-state index >= 15 is 0 Å². The largest absolute Gasteiger partial charge is 0.481 e. The maximum atomic E-state index is 10.5. The van der Waals surface area contributed by atoms with Crippen molar-refractivity contribution in [2.45, 2.75) is 38.7 Å². The van der Waals surface area contributed by atoms with Gasteiger partial charge in [0.1, 0.15) is 0 Å². The first-order valence-electron chi connectivity index (χ1n) is 5.63. The lowest BCUT2D eigenvalue weighted by atomic mass is 9.82. The second-order valence-corrected chi connectivity index (χ2v) is 4.26. The molecule has 1 unspecified atom stereocenters. The summed E-state index contributed by atoms with van der Waals surface area (Å²) in [7, 11) is 0. The second-order valence-electron chi connectivity index (χ2n) is 4.26. The molecule has 1 aliphatic carbocycles. The van der Waals surface area contributed by atoms with Gasteiger partial charge in [-0.25, -0.2) is 0 Å². The highest BCUT2D eigenvalue weighted by Crippen LogP contribution is 2.28. The molecule has 0 saturated heterocycles. The molecular formula is C11H20O6. The van der Waals surface area contributed by atoms with Crippen LogP contribution in [-0.4, -0.2) is 45.1 Å².